The molecule has 0 aliphatic carbocycles. The number of ether oxygens (including phenoxy) is 1. The van der Waals surface area contributed by atoms with Gasteiger partial charge in [0.25, 0.3) is 0 Å². The molecule has 0 spiro atoms. The molecule has 1 atom stereocenters. The number of aromatic nitrogens is 1. The van der Waals surface area contributed by atoms with Crippen LogP contribution in [0.25, 0.3) is 10.9 Å². The Morgan fingerprint density at radius 3 is 2.90 bits per heavy atom. The van der Waals surface area contributed by atoms with Crippen molar-refractivity contribution in [3.63, 3.8) is 0 Å². The lowest BCUT2D eigenvalue weighted by Crippen LogP contribution is -2.44. The van der Waals surface area contributed by atoms with Crippen molar-refractivity contribution in [1.29, 1.82) is 0 Å². The molecule has 3 heterocycles. The quantitative estimate of drug-likeness (QED) is 0.527. The summed E-state index contributed by atoms with van der Waals surface area (Å²) < 4.78 is 10.7. The van der Waals surface area contributed by atoms with E-state index >= 15 is 0 Å². The largest absolute Gasteiger partial charge is 0.497 e. The molecule has 1 aromatic carbocycles. The van der Waals surface area contributed by atoms with Gasteiger partial charge < -0.3 is 24.5 Å². The first-order valence-corrected chi connectivity index (χ1v) is 10.8. The van der Waals surface area contributed by atoms with Crippen LogP contribution in [0.1, 0.15) is 36.7 Å². The number of rotatable bonds is 9. The fourth-order valence-electron chi connectivity index (χ4n) is 4.25. The molecule has 1 aliphatic rings. The molecule has 4 rings (SSSR count). The van der Waals surface area contributed by atoms with E-state index in [0.717, 1.165) is 73.3 Å². The number of aliphatic hydroxyl groups excluding tert-OH is 1. The zero-order valence-electron chi connectivity index (χ0n) is 17.6. The average molecular weight is 410 g/mol. The number of piperidine rings is 1. The van der Waals surface area contributed by atoms with Gasteiger partial charge in [0.15, 0.2) is 0 Å². The number of furan rings is 1. The lowest BCUT2D eigenvalue weighted by atomic mass is 10.0. The third-order valence-corrected chi connectivity index (χ3v) is 5.97. The Morgan fingerprint density at radius 1 is 1.27 bits per heavy atom. The van der Waals surface area contributed by atoms with Crippen LogP contribution < -0.4 is 10.1 Å². The van der Waals surface area contributed by atoms with Gasteiger partial charge in [-0.05, 0) is 80.9 Å². The normalized spacial score (nSPS) is 16.7. The predicted molar refractivity (Wildman–Crippen MR) is 118 cm³/mol. The Morgan fingerprint density at radius 2 is 2.13 bits per heavy atom. The Balaban J connectivity index is 1.25. The van der Waals surface area contributed by atoms with Crippen LogP contribution in [0.5, 0.6) is 5.75 Å². The van der Waals surface area contributed by atoms with Crippen LogP contribution in [0.2, 0.25) is 0 Å². The third kappa shape index (κ3) is 5.19. The Hall–Kier alpha value is -2.41. The first-order chi connectivity index (χ1) is 14.7. The van der Waals surface area contributed by atoms with Gasteiger partial charge in [-0.1, -0.05) is 0 Å². The molecule has 1 aliphatic heterocycles. The van der Waals surface area contributed by atoms with Crippen LogP contribution in [0, 0.1) is 0 Å². The first kappa shape index (κ1) is 20.8. The number of aliphatic hydroxyl groups is 1. The van der Waals surface area contributed by atoms with E-state index in [-0.39, 0.29) is 0 Å². The second kappa shape index (κ2) is 10.1. The number of pyridine rings is 1. The van der Waals surface area contributed by atoms with Crippen LogP contribution in [-0.4, -0.2) is 54.3 Å². The van der Waals surface area contributed by atoms with Crippen molar-refractivity contribution >= 4 is 10.9 Å². The number of likely N-dealkylation sites (tertiary alicyclic amines) is 1. The third-order valence-electron chi connectivity index (χ3n) is 5.97. The summed E-state index contributed by atoms with van der Waals surface area (Å²) in [5.74, 6) is 1.84. The molecule has 30 heavy (non-hydrogen) atoms. The van der Waals surface area contributed by atoms with E-state index in [4.69, 9.17) is 9.15 Å². The summed E-state index contributed by atoms with van der Waals surface area (Å²) >= 11 is 0. The summed E-state index contributed by atoms with van der Waals surface area (Å²) in [7, 11) is 1.66. The molecular formula is C24H31N3O3. The molecule has 160 valence electrons. The molecule has 3 aromatic rings. The van der Waals surface area contributed by atoms with Crippen molar-refractivity contribution in [3.05, 3.63) is 60.2 Å². The summed E-state index contributed by atoms with van der Waals surface area (Å²) in [6.45, 7) is 3.65. The Bertz CT molecular complexity index is 921. The van der Waals surface area contributed by atoms with Crippen LogP contribution in [0.15, 0.2) is 53.3 Å². The van der Waals surface area contributed by atoms with Crippen LogP contribution in [0.3, 0.4) is 0 Å². The zero-order chi connectivity index (χ0) is 20.8. The van der Waals surface area contributed by atoms with E-state index in [2.05, 4.69) is 15.2 Å². The van der Waals surface area contributed by atoms with Crippen molar-refractivity contribution < 1.29 is 14.3 Å². The Kier molecular flexibility index (Phi) is 7.00. The zero-order valence-corrected chi connectivity index (χ0v) is 17.6. The highest BCUT2D eigenvalue weighted by Crippen LogP contribution is 2.27. The first-order valence-electron chi connectivity index (χ1n) is 10.8. The lowest BCUT2D eigenvalue weighted by Gasteiger charge is -2.33. The van der Waals surface area contributed by atoms with E-state index in [9.17, 15) is 5.11 Å². The lowest BCUT2D eigenvalue weighted by molar-refractivity contribution is 0.0950. The van der Waals surface area contributed by atoms with Gasteiger partial charge in [0.1, 0.15) is 11.5 Å². The molecule has 2 aromatic heterocycles. The number of β-amino-alcohol motifs (C(OH)–C–C–N with tert-alkyl or cyclic N) is 1. The minimum absolute atomic E-state index is 0.541. The number of nitrogens with one attached hydrogen (secondary N) is 1. The number of hydrogen-bond donors (Lipinski definition) is 2. The topological polar surface area (TPSA) is 70.8 Å². The standard InChI is InChI=1S/C24H31N3O3/c1-29-20-6-7-23-22(16-20)21(8-12-26-23)24(28)17-27-13-9-18(10-14-27)25-11-2-4-19-5-3-15-30-19/h3,5-8,12,15-16,18,24-25,28H,2,4,9-11,13-14,17H2,1H3/t24-/m0/s1. The van der Waals surface area contributed by atoms with E-state index in [1.807, 2.05) is 36.4 Å². The van der Waals surface area contributed by atoms with Gasteiger partial charge in [0.2, 0.25) is 0 Å². The second-order valence-electron chi connectivity index (χ2n) is 8.01. The van der Waals surface area contributed by atoms with Gasteiger partial charge in [-0.3, -0.25) is 4.98 Å². The van der Waals surface area contributed by atoms with E-state index in [0.29, 0.717) is 12.6 Å². The monoisotopic (exact) mass is 409 g/mol. The highest BCUT2D eigenvalue weighted by atomic mass is 16.5. The number of fused-ring (bicyclic) bond motifs is 1. The maximum atomic E-state index is 10.9. The minimum atomic E-state index is -0.541. The molecule has 0 unspecified atom stereocenters. The molecule has 0 radical (unpaired) electrons. The van der Waals surface area contributed by atoms with Crippen molar-refractivity contribution in [3.8, 4) is 5.75 Å². The molecule has 0 bridgehead atoms. The number of methoxy groups -OCH3 is 1. The summed E-state index contributed by atoms with van der Waals surface area (Å²) in [5.41, 5.74) is 1.79. The summed E-state index contributed by atoms with van der Waals surface area (Å²) in [6, 6.07) is 12.2. The average Bonchev–Trinajstić information content (AvgIpc) is 3.30. The second-order valence-corrected chi connectivity index (χ2v) is 8.01. The molecule has 0 amide bonds. The molecule has 0 saturated carbocycles. The van der Waals surface area contributed by atoms with Crippen LogP contribution in [0.4, 0.5) is 0 Å². The molecule has 1 fully saturated rings. The van der Waals surface area contributed by atoms with E-state index in [1.54, 1.807) is 19.6 Å². The fraction of sp³-hybridized carbons (Fsp3) is 0.458. The van der Waals surface area contributed by atoms with Gasteiger partial charge >= 0.3 is 0 Å². The van der Waals surface area contributed by atoms with Gasteiger partial charge in [-0.15, -0.1) is 0 Å². The predicted octanol–water partition coefficient (Wildman–Crippen LogP) is 3.56. The van der Waals surface area contributed by atoms with Crippen molar-refractivity contribution in [2.75, 3.05) is 33.3 Å². The number of hydrogen-bond acceptors (Lipinski definition) is 6. The molecule has 6 heteroatoms. The van der Waals surface area contributed by atoms with E-state index in [1.165, 1.54) is 0 Å². The van der Waals surface area contributed by atoms with Crippen LogP contribution >= 0.6 is 0 Å². The van der Waals surface area contributed by atoms with Crippen LogP contribution in [-0.2, 0) is 6.42 Å². The summed E-state index contributed by atoms with van der Waals surface area (Å²) in [6.07, 6.45) is 7.25. The molecular weight excluding hydrogens is 378 g/mol. The highest BCUT2D eigenvalue weighted by molar-refractivity contribution is 5.83. The minimum Gasteiger partial charge on any atom is -0.497 e. The summed E-state index contributed by atoms with van der Waals surface area (Å²) in [5, 5.41) is 15.6. The van der Waals surface area contributed by atoms with E-state index < -0.39 is 6.10 Å². The molecule has 1 saturated heterocycles. The maximum Gasteiger partial charge on any atom is 0.119 e. The van der Waals surface area contributed by atoms with Gasteiger partial charge in [0.05, 0.1) is 25.0 Å². The SMILES string of the molecule is COc1ccc2nccc([C@@H](O)CN3CCC(NCCCc4ccco4)CC3)c2c1. The van der Waals surface area contributed by atoms with Crippen molar-refractivity contribution in [2.24, 2.45) is 0 Å². The smallest absolute Gasteiger partial charge is 0.119 e. The number of nitrogens with zero attached hydrogens (tertiary/aromatic N) is 2. The fourth-order valence-corrected chi connectivity index (χ4v) is 4.25. The Labute approximate surface area is 177 Å². The summed E-state index contributed by atoms with van der Waals surface area (Å²) in [4.78, 5) is 6.77. The maximum absolute atomic E-state index is 10.9. The number of aryl methyl sites for hydroxylation is 1. The highest BCUT2D eigenvalue weighted by Gasteiger charge is 2.22. The molecule has 2 N–H and O–H groups in total. The van der Waals surface area contributed by atoms with Gasteiger partial charge in [-0.25, -0.2) is 0 Å². The van der Waals surface area contributed by atoms with Gasteiger partial charge in [0, 0.05) is 30.6 Å². The number of benzene rings is 1. The molecule has 6 nitrogen and oxygen atoms in total. The van der Waals surface area contributed by atoms with Crippen molar-refractivity contribution in [1.82, 2.24) is 15.2 Å². The van der Waals surface area contributed by atoms with Crippen molar-refractivity contribution in [2.45, 2.75) is 37.8 Å². The van der Waals surface area contributed by atoms with Gasteiger partial charge in [-0.2, -0.15) is 0 Å².